The van der Waals surface area contributed by atoms with E-state index >= 15 is 0 Å². The molecule has 0 radical (unpaired) electrons. The molecule has 0 spiro atoms. The molecule has 0 saturated heterocycles. The van der Waals surface area contributed by atoms with Crippen molar-refractivity contribution in [3.05, 3.63) is 11.6 Å². The second-order valence-electron chi connectivity index (χ2n) is 4.85. The van der Waals surface area contributed by atoms with Gasteiger partial charge in [0.2, 0.25) is 0 Å². The summed E-state index contributed by atoms with van der Waals surface area (Å²) in [6.45, 7) is 9.33. The lowest BCUT2D eigenvalue weighted by Crippen LogP contribution is -1.96. The number of allylic oxidation sites excluding steroid dienone is 2. The van der Waals surface area contributed by atoms with E-state index in [9.17, 15) is 0 Å². The van der Waals surface area contributed by atoms with Crippen LogP contribution in [0.25, 0.3) is 0 Å². The molecule has 0 heteroatoms. The van der Waals surface area contributed by atoms with Gasteiger partial charge in [-0.25, -0.2) is 0 Å². The second-order valence-corrected chi connectivity index (χ2v) is 4.85. The zero-order valence-corrected chi connectivity index (χ0v) is 9.69. The molecule has 0 nitrogen and oxygen atoms in total. The normalized spacial score (nSPS) is 33.5. The average Bonchev–Trinajstić information content (AvgIpc) is 2.80. The van der Waals surface area contributed by atoms with E-state index in [-0.39, 0.29) is 0 Å². The highest BCUT2D eigenvalue weighted by Gasteiger charge is 2.48. The Hall–Kier alpha value is -0.260. The molecule has 0 amide bonds. The first kappa shape index (κ1) is 10.8. The van der Waals surface area contributed by atoms with Gasteiger partial charge in [0, 0.05) is 0 Å². The van der Waals surface area contributed by atoms with Crippen LogP contribution >= 0.6 is 0 Å². The topological polar surface area (TPSA) is 0 Å². The minimum atomic E-state index is 0.660. The molecule has 2 unspecified atom stereocenters. The lowest BCUT2D eigenvalue weighted by molar-refractivity contribution is 0.509. The molecule has 1 fully saturated rings. The van der Waals surface area contributed by atoms with Gasteiger partial charge in [-0.05, 0) is 31.1 Å². The molecule has 1 saturated carbocycles. The van der Waals surface area contributed by atoms with Crippen LogP contribution in [0.3, 0.4) is 0 Å². The smallest absolute Gasteiger partial charge is 0.0146 e. The predicted molar refractivity (Wildman–Crippen MR) is 59.8 cm³/mol. The molecular formula is C13H24. The van der Waals surface area contributed by atoms with Crippen LogP contribution in [-0.2, 0) is 0 Å². The third-order valence-corrected chi connectivity index (χ3v) is 3.73. The number of hydrogen-bond acceptors (Lipinski definition) is 0. The van der Waals surface area contributed by atoms with Gasteiger partial charge in [0.15, 0.2) is 0 Å². The minimum Gasteiger partial charge on any atom is -0.0853 e. The van der Waals surface area contributed by atoms with Gasteiger partial charge in [0.1, 0.15) is 0 Å². The van der Waals surface area contributed by atoms with Gasteiger partial charge >= 0.3 is 0 Å². The van der Waals surface area contributed by atoms with Gasteiger partial charge in [0.05, 0.1) is 0 Å². The SMILES string of the molecule is CCCCC=C(C)C1CC1(C)CC. The van der Waals surface area contributed by atoms with Gasteiger partial charge in [-0.1, -0.05) is 51.7 Å². The van der Waals surface area contributed by atoms with Crippen LogP contribution in [0.15, 0.2) is 11.6 Å². The van der Waals surface area contributed by atoms with Gasteiger partial charge in [-0.2, -0.15) is 0 Å². The number of unbranched alkanes of at least 4 members (excludes halogenated alkanes) is 2. The van der Waals surface area contributed by atoms with Crippen LogP contribution < -0.4 is 0 Å². The van der Waals surface area contributed by atoms with Crippen molar-refractivity contribution in [1.82, 2.24) is 0 Å². The third kappa shape index (κ3) is 2.59. The van der Waals surface area contributed by atoms with E-state index in [4.69, 9.17) is 0 Å². The van der Waals surface area contributed by atoms with Crippen molar-refractivity contribution >= 4 is 0 Å². The Balaban J connectivity index is 2.33. The van der Waals surface area contributed by atoms with Gasteiger partial charge in [0.25, 0.3) is 0 Å². The molecule has 1 rings (SSSR count). The van der Waals surface area contributed by atoms with E-state index in [1.807, 2.05) is 0 Å². The quantitative estimate of drug-likeness (QED) is 0.430. The maximum absolute atomic E-state index is 2.47. The highest BCUT2D eigenvalue weighted by atomic mass is 14.5. The summed E-state index contributed by atoms with van der Waals surface area (Å²) in [5, 5.41) is 0. The first-order valence-electron chi connectivity index (χ1n) is 5.80. The molecule has 0 aromatic heterocycles. The van der Waals surface area contributed by atoms with Crippen LogP contribution in [0.1, 0.15) is 59.8 Å². The van der Waals surface area contributed by atoms with Crippen LogP contribution in [0, 0.1) is 11.3 Å². The molecule has 2 atom stereocenters. The fraction of sp³-hybridized carbons (Fsp3) is 0.846. The second kappa shape index (κ2) is 4.30. The molecule has 0 aliphatic heterocycles. The zero-order valence-electron chi connectivity index (χ0n) is 9.69. The van der Waals surface area contributed by atoms with E-state index in [1.165, 1.54) is 32.1 Å². The van der Waals surface area contributed by atoms with E-state index in [1.54, 1.807) is 5.57 Å². The van der Waals surface area contributed by atoms with Crippen molar-refractivity contribution < 1.29 is 0 Å². The lowest BCUT2D eigenvalue weighted by Gasteiger charge is -2.07. The summed E-state index contributed by atoms with van der Waals surface area (Å²) in [6, 6.07) is 0. The fourth-order valence-electron chi connectivity index (χ4n) is 2.18. The molecule has 0 heterocycles. The van der Waals surface area contributed by atoms with E-state index < -0.39 is 0 Å². The summed E-state index contributed by atoms with van der Waals surface area (Å²) in [7, 11) is 0. The summed E-state index contributed by atoms with van der Waals surface area (Å²) < 4.78 is 0. The molecule has 0 aromatic carbocycles. The van der Waals surface area contributed by atoms with Gasteiger partial charge in [-0.15, -0.1) is 0 Å². The van der Waals surface area contributed by atoms with Gasteiger partial charge < -0.3 is 0 Å². The molecule has 0 bridgehead atoms. The molecule has 76 valence electrons. The van der Waals surface area contributed by atoms with Crippen molar-refractivity contribution in [3.63, 3.8) is 0 Å². The molecule has 13 heavy (non-hydrogen) atoms. The number of hydrogen-bond donors (Lipinski definition) is 0. The lowest BCUT2D eigenvalue weighted by atomic mass is 9.98. The van der Waals surface area contributed by atoms with Crippen LogP contribution in [0.5, 0.6) is 0 Å². The molecule has 1 aliphatic rings. The van der Waals surface area contributed by atoms with Crippen molar-refractivity contribution in [2.24, 2.45) is 11.3 Å². The Morgan fingerprint density at radius 1 is 1.46 bits per heavy atom. The monoisotopic (exact) mass is 180 g/mol. The van der Waals surface area contributed by atoms with Crippen LogP contribution in [0.2, 0.25) is 0 Å². The summed E-state index contributed by atoms with van der Waals surface area (Å²) in [6.07, 6.45) is 9.20. The highest BCUT2D eigenvalue weighted by molar-refractivity contribution is 5.18. The Labute approximate surface area is 83.4 Å². The first-order chi connectivity index (χ1) is 6.14. The van der Waals surface area contributed by atoms with Crippen molar-refractivity contribution in [2.45, 2.75) is 59.8 Å². The van der Waals surface area contributed by atoms with Crippen molar-refractivity contribution in [2.75, 3.05) is 0 Å². The Morgan fingerprint density at radius 2 is 2.15 bits per heavy atom. The Morgan fingerprint density at radius 3 is 2.62 bits per heavy atom. The maximum Gasteiger partial charge on any atom is -0.0146 e. The average molecular weight is 180 g/mol. The molecule has 0 N–H and O–H groups in total. The van der Waals surface area contributed by atoms with Crippen LogP contribution in [-0.4, -0.2) is 0 Å². The van der Waals surface area contributed by atoms with E-state index in [0.29, 0.717) is 5.41 Å². The largest absolute Gasteiger partial charge is 0.0853 e. The van der Waals surface area contributed by atoms with E-state index in [2.05, 4.69) is 33.8 Å². The predicted octanol–water partition coefficient (Wildman–Crippen LogP) is 4.56. The fourth-order valence-corrected chi connectivity index (χ4v) is 2.18. The van der Waals surface area contributed by atoms with E-state index in [0.717, 1.165) is 5.92 Å². The highest BCUT2D eigenvalue weighted by Crippen LogP contribution is 2.58. The summed E-state index contributed by atoms with van der Waals surface area (Å²) in [4.78, 5) is 0. The zero-order chi connectivity index (χ0) is 9.90. The molecule has 0 aromatic rings. The summed E-state index contributed by atoms with van der Waals surface area (Å²) in [5.74, 6) is 0.911. The standard InChI is InChI=1S/C13H24/c1-5-7-8-9-11(3)12-10-13(12,4)6-2/h9,12H,5-8,10H2,1-4H3. The minimum absolute atomic E-state index is 0.660. The summed E-state index contributed by atoms with van der Waals surface area (Å²) in [5.41, 5.74) is 2.31. The Bertz CT molecular complexity index is 190. The van der Waals surface area contributed by atoms with Gasteiger partial charge in [-0.3, -0.25) is 0 Å². The maximum atomic E-state index is 2.47. The Kier molecular flexibility index (Phi) is 3.58. The third-order valence-electron chi connectivity index (χ3n) is 3.73. The van der Waals surface area contributed by atoms with Crippen molar-refractivity contribution in [3.8, 4) is 0 Å². The van der Waals surface area contributed by atoms with Crippen molar-refractivity contribution in [1.29, 1.82) is 0 Å². The number of rotatable bonds is 5. The molecular weight excluding hydrogens is 156 g/mol. The molecule has 1 aliphatic carbocycles. The van der Waals surface area contributed by atoms with Crippen LogP contribution in [0.4, 0.5) is 0 Å². The summed E-state index contributed by atoms with van der Waals surface area (Å²) >= 11 is 0. The first-order valence-corrected chi connectivity index (χ1v) is 5.80.